The minimum atomic E-state index is 0.709. The van der Waals surface area contributed by atoms with Gasteiger partial charge in [-0.2, -0.15) is 11.8 Å². The average Bonchev–Trinajstić information content (AvgIpc) is 2.20. The van der Waals surface area contributed by atoms with Crippen molar-refractivity contribution in [2.45, 2.75) is 18.6 Å². The fourth-order valence-electron chi connectivity index (χ4n) is 1.53. The van der Waals surface area contributed by atoms with Gasteiger partial charge >= 0.3 is 0 Å². The zero-order valence-corrected chi connectivity index (χ0v) is 9.89. The summed E-state index contributed by atoms with van der Waals surface area (Å²) in [5, 5.41) is 0.709. The third kappa shape index (κ3) is 5.20. The summed E-state index contributed by atoms with van der Waals surface area (Å²) < 4.78 is 5.30. The second kappa shape index (κ2) is 7.51. The molecule has 1 heterocycles. The van der Waals surface area contributed by atoms with Gasteiger partial charge in [-0.1, -0.05) is 6.92 Å². The van der Waals surface area contributed by atoms with Crippen molar-refractivity contribution in [3.8, 4) is 0 Å². The van der Waals surface area contributed by atoms with E-state index >= 15 is 0 Å². The normalized spacial score (nSPS) is 21.0. The van der Waals surface area contributed by atoms with Gasteiger partial charge in [0.15, 0.2) is 0 Å². The average molecular weight is 218 g/mol. The first-order valence-corrected chi connectivity index (χ1v) is 6.49. The predicted octanol–water partition coefficient (Wildman–Crippen LogP) is 0.789. The fraction of sp³-hybridized carbons (Fsp3) is 1.00. The Morgan fingerprint density at radius 1 is 1.43 bits per heavy atom. The largest absolute Gasteiger partial charge is 0.379 e. The molecule has 3 nitrogen and oxygen atoms in total. The maximum atomic E-state index is 5.50. The van der Waals surface area contributed by atoms with Crippen molar-refractivity contribution < 1.29 is 4.74 Å². The zero-order chi connectivity index (χ0) is 10.2. The van der Waals surface area contributed by atoms with Crippen molar-refractivity contribution in [2.75, 3.05) is 45.1 Å². The van der Waals surface area contributed by atoms with Gasteiger partial charge in [-0.25, -0.2) is 0 Å². The molecule has 0 aliphatic carbocycles. The van der Waals surface area contributed by atoms with E-state index in [2.05, 4.69) is 11.8 Å². The molecular weight excluding hydrogens is 196 g/mol. The fourth-order valence-corrected chi connectivity index (χ4v) is 2.59. The molecule has 84 valence electrons. The summed E-state index contributed by atoms with van der Waals surface area (Å²) in [6, 6.07) is 0. The van der Waals surface area contributed by atoms with Crippen LogP contribution in [0.25, 0.3) is 0 Å². The number of rotatable bonds is 6. The molecule has 1 fully saturated rings. The molecule has 1 rings (SSSR count). The van der Waals surface area contributed by atoms with Gasteiger partial charge in [-0.15, -0.1) is 0 Å². The Morgan fingerprint density at radius 3 is 2.79 bits per heavy atom. The van der Waals surface area contributed by atoms with Crippen LogP contribution in [0.4, 0.5) is 0 Å². The lowest BCUT2D eigenvalue weighted by Crippen LogP contribution is -2.37. The van der Waals surface area contributed by atoms with Gasteiger partial charge in [0.25, 0.3) is 0 Å². The number of thioether (sulfide) groups is 1. The molecule has 0 saturated carbocycles. The van der Waals surface area contributed by atoms with Gasteiger partial charge < -0.3 is 10.5 Å². The predicted molar refractivity (Wildman–Crippen MR) is 62.9 cm³/mol. The molecule has 1 saturated heterocycles. The highest BCUT2D eigenvalue weighted by Crippen LogP contribution is 2.13. The van der Waals surface area contributed by atoms with E-state index in [1.165, 1.54) is 12.3 Å². The topological polar surface area (TPSA) is 38.5 Å². The molecule has 1 aliphatic rings. The van der Waals surface area contributed by atoms with Crippen LogP contribution in [0, 0.1) is 0 Å². The van der Waals surface area contributed by atoms with Crippen molar-refractivity contribution in [2.24, 2.45) is 5.73 Å². The van der Waals surface area contributed by atoms with E-state index < -0.39 is 0 Å². The minimum Gasteiger partial charge on any atom is -0.379 e. The Labute approximate surface area is 91.4 Å². The van der Waals surface area contributed by atoms with Crippen molar-refractivity contribution in [1.82, 2.24) is 4.90 Å². The van der Waals surface area contributed by atoms with Crippen LogP contribution in [0.3, 0.4) is 0 Å². The van der Waals surface area contributed by atoms with Crippen LogP contribution in [-0.2, 0) is 4.74 Å². The monoisotopic (exact) mass is 218 g/mol. The first kappa shape index (κ1) is 12.3. The molecule has 1 unspecified atom stereocenters. The van der Waals surface area contributed by atoms with Crippen molar-refractivity contribution in [1.29, 1.82) is 0 Å². The Kier molecular flexibility index (Phi) is 6.60. The Balaban J connectivity index is 1.96. The highest BCUT2D eigenvalue weighted by Gasteiger charge is 2.10. The first-order valence-electron chi connectivity index (χ1n) is 5.44. The second-order valence-corrected chi connectivity index (χ2v) is 5.26. The highest BCUT2D eigenvalue weighted by atomic mass is 32.2. The van der Waals surface area contributed by atoms with Crippen LogP contribution < -0.4 is 5.73 Å². The Morgan fingerprint density at radius 2 is 2.14 bits per heavy atom. The van der Waals surface area contributed by atoms with Crippen molar-refractivity contribution in [3.63, 3.8) is 0 Å². The molecule has 0 bridgehead atoms. The first-order chi connectivity index (χ1) is 6.83. The van der Waals surface area contributed by atoms with Gasteiger partial charge in [-0.05, 0) is 13.0 Å². The van der Waals surface area contributed by atoms with Crippen LogP contribution in [0.2, 0.25) is 0 Å². The number of ether oxygens (including phenoxy) is 1. The van der Waals surface area contributed by atoms with E-state index in [0.29, 0.717) is 5.25 Å². The van der Waals surface area contributed by atoms with Crippen LogP contribution >= 0.6 is 11.8 Å². The van der Waals surface area contributed by atoms with E-state index in [1.54, 1.807) is 0 Å². The molecule has 0 aromatic rings. The third-order valence-electron chi connectivity index (χ3n) is 2.49. The quantitative estimate of drug-likeness (QED) is 0.715. The van der Waals surface area contributed by atoms with Crippen molar-refractivity contribution in [3.05, 3.63) is 0 Å². The van der Waals surface area contributed by atoms with Crippen LogP contribution in [0.5, 0.6) is 0 Å². The Bertz CT molecular complexity index is 140. The Hall–Kier alpha value is 0.230. The van der Waals surface area contributed by atoms with Gasteiger partial charge in [-0.3, -0.25) is 4.90 Å². The summed E-state index contributed by atoms with van der Waals surface area (Å²) in [5.74, 6) is 1.22. The van der Waals surface area contributed by atoms with Crippen LogP contribution in [0.15, 0.2) is 0 Å². The molecule has 14 heavy (non-hydrogen) atoms. The molecule has 0 amide bonds. The lowest BCUT2D eigenvalue weighted by Gasteiger charge is -2.26. The van der Waals surface area contributed by atoms with E-state index in [9.17, 15) is 0 Å². The summed E-state index contributed by atoms with van der Waals surface area (Å²) in [6.07, 6.45) is 1.13. The number of hydrogen-bond donors (Lipinski definition) is 1. The van der Waals surface area contributed by atoms with Gasteiger partial charge in [0.05, 0.1) is 13.2 Å². The maximum Gasteiger partial charge on any atom is 0.0594 e. The smallest absolute Gasteiger partial charge is 0.0594 e. The molecular formula is C10H22N2OS. The molecule has 0 aromatic carbocycles. The lowest BCUT2D eigenvalue weighted by molar-refractivity contribution is 0.0410. The van der Waals surface area contributed by atoms with Gasteiger partial charge in [0, 0.05) is 30.6 Å². The summed E-state index contributed by atoms with van der Waals surface area (Å²) in [5.41, 5.74) is 5.50. The van der Waals surface area contributed by atoms with E-state index in [-0.39, 0.29) is 0 Å². The summed E-state index contributed by atoms with van der Waals surface area (Å²) in [6.45, 7) is 8.29. The SMILES string of the molecule is CC(CCN)SCCN1CCOCC1. The second-order valence-electron chi connectivity index (χ2n) is 3.71. The zero-order valence-electron chi connectivity index (χ0n) is 9.08. The number of hydrogen-bond acceptors (Lipinski definition) is 4. The van der Waals surface area contributed by atoms with Crippen molar-refractivity contribution >= 4 is 11.8 Å². The van der Waals surface area contributed by atoms with Gasteiger partial charge in [0.2, 0.25) is 0 Å². The van der Waals surface area contributed by atoms with E-state index in [4.69, 9.17) is 10.5 Å². The number of nitrogens with zero attached hydrogens (tertiary/aromatic N) is 1. The highest BCUT2D eigenvalue weighted by molar-refractivity contribution is 7.99. The van der Waals surface area contributed by atoms with Crippen LogP contribution in [0.1, 0.15) is 13.3 Å². The third-order valence-corrected chi connectivity index (χ3v) is 3.71. The lowest BCUT2D eigenvalue weighted by atomic mass is 10.3. The van der Waals surface area contributed by atoms with Crippen LogP contribution in [-0.4, -0.2) is 55.3 Å². The number of nitrogens with two attached hydrogens (primary N) is 1. The van der Waals surface area contributed by atoms with E-state index in [1.807, 2.05) is 11.8 Å². The molecule has 0 spiro atoms. The van der Waals surface area contributed by atoms with E-state index in [0.717, 1.165) is 39.3 Å². The number of morpholine rings is 1. The maximum absolute atomic E-state index is 5.50. The molecule has 4 heteroatoms. The summed E-state index contributed by atoms with van der Waals surface area (Å²) in [7, 11) is 0. The molecule has 0 radical (unpaired) electrons. The molecule has 0 aromatic heterocycles. The molecule has 1 aliphatic heterocycles. The minimum absolute atomic E-state index is 0.709. The summed E-state index contributed by atoms with van der Waals surface area (Å²) >= 11 is 2.03. The molecule has 2 N–H and O–H groups in total. The van der Waals surface area contributed by atoms with Gasteiger partial charge in [0.1, 0.15) is 0 Å². The molecule has 1 atom stereocenters. The standard InChI is InChI=1S/C10H22N2OS/c1-10(2-3-11)14-9-6-12-4-7-13-8-5-12/h10H,2-9,11H2,1H3. The summed E-state index contributed by atoms with van der Waals surface area (Å²) in [4.78, 5) is 2.48.